The van der Waals surface area contributed by atoms with E-state index in [0.29, 0.717) is 18.8 Å². The van der Waals surface area contributed by atoms with E-state index in [4.69, 9.17) is 9.47 Å². The van der Waals surface area contributed by atoms with Crippen LogP contribution in [0.15, 0.2) is 67.3 Å². The zero-order valence-corrected chi connectivity index (χ0v) is 14.9. The summed E-state index contributed by atoms with van der Waals surface area (Å²) < 4.78 is 10.3. The number of esters is 2. The first-order chi connectivity index (χ1) is 12.7. The summed E-state index contributed by atoms with van der Waals surface area (Å²) in [5, 5.41) is 0. The van der Waals surface area contributed by atoms with Crippen LogP contribution in [-0.2, 0) is 14.3 Å². The third-order valence-electron chi connectivity index (χ3n) is 3.91. The molecule has 0 bridgehead atoms. The molecule has 0 N–H and O–H groups in total. The largest absolute Gasteiger partial charge is 0.463 e. The summed E-state index contributed by atoms with van der Waals surface area (Å²) in [4.78, 5) is 23.3. The lowest BCUT2D eigenvalue weighted by molar-refractivity contribution is -0.137. The van der Waals surface area contributed by atoms with Gasteiger partial charge in [-0.2, -0.15) is 0 Å². The molecule has 0 amide bonds. The average molecular weight is 352 g/mol. The fourth-order valence-electron chi connectivity index (χ4n) is 2.56. The Balaban J connectivity index is 1.74. The van der Waals surface area contributed by atoms with Crippen LogP contribution in [0.1, 0.15) is 36.0 Å². The van der Waals surface area contributed by atoms with Gasteiger partial charge in [-0.25, -0.2) is 9.59 Å². The maximum Gasteiger partial charge on any atom is 0.338 e. The van der Waals surface area contributed by atoms with Crippen LogP contribution >= 0.6 is 0 Å². The third kappa shape index (κ3) is 6.20. The molecule has 0 saturated heterocycles. The molecule has 0 spiro atoms. The van der Waals surface area contributed by atoms with Crippen LogP contribution in [0, 0.1) is 0 Å². The number of hydrogen-bond donors (Lipinski definition) is 0. The molecular weight excluding hydrogens is 328 g/mol. The Bertz CT molecular complexity index is 722. The van der Waals surface area contributed by atoms with Crippen molar-refractivity contribution in [3.63, 3.8) is 0 Å². The molecule has 2 aromatic carbocycles. The monoisotopic (exact) mass is 352 g/mol. The van der Waals surface area contributed by atoms with Crippen molar-refractivity contribution in [2.45, 2.75) is 25.7 Å². The van der Waals surface area contributed by atoms with Gasteiger partial charge in [0.25, 0.3) is 0 Å². The summed E-state index contributed by atoms with van der Waals surface area (Å²) >= 11 is 0. The van der Waals surface area contributed by atoms with Crippen LogP contribution in [0.25, 0.3) is 11.1 Å². The highest BCUT2D eigenvalue weighted by atomic mass is 16.5. The highest BCUT2D eigenvalue weighted by Gasteiger charge is 2.13. The van der Waals surface area contributed by atoms with E-state index in [0.717, 1.165) is 42.9 Å². The number of rotatable bonds is 10. The van der Waals surface area contributed by atoms with Crippen molar-refractivity contribution in [1.82, 2.24) is 0 Å². The Hall–Kier alpha value is -2.88. The van der Waals surface area contributed by atoms with E-state index >= 15 is 0 Å². The molecular formula is C22H24O4. The first-order valence-corrected chi connectivity index (χ1v) is 8.83. The summed E-state index contributed by atoms with van der Waals surface area (Å²) in [6.45, 7) is 4.13. The first kappa shape index (κ1) is 19.4. The van der Waals surface area contributed by atoms with Crippen molar-refractivity contribution in [1.29, 1.82) is 0 Å². The van der Waals surface area contributed by atoms with Crippen LogP contribution in [0.3, 0.4) is 0 Å². The van der Waals surface area contributed by atoms with Gasteiger partial charge in [-0.3, -0.25) is 0 Å². The number of carbonyl (C=O) groups is 2. The van der Waals surface area contributed by atoms with Gasteiger partial charge < -0.3 is 9.47 Å². The quantitative estimate of drug-likeness (QED) is 0.350. The second kappa shape index (κ2) is 10.9. The van der Waals surface area contributed by atoms with Gasteiger partial charge >= 0.3 is 11.9 Å². The van der Waals surface area contributed by atoms with Crippen LogP contribution in [0.2, 0.25) is 0 Å². The molecule has 0 atom stereocenters. The molecule has 0 fully saturated rings. The molecule has 26 heavy (non-hydrogen) atoms. The third-order valence-corrected chi connectivity index (χ3v) is 3.91. The van der Waals surface area contributed by atoms with Gasteiger partial charge in [-0.1, -0.05) is 55.1 Å². The Labute approximate surface area is 154 Å². The molecule has 0 aliphatic rings. The number of carbonyl (C=O) groups excluding carboxylic acids is 2. The van der Waals surface area contributed by atoms with E-state index in [1.807, 2.05) is 48.5 Å². The van der Waals surface area contributed by atoms with E-state index in [1.54, 1.807) is 6.07 Å². The zero-order valence-electron chi connectivity index (χ0n) is 14.9. The van der Waals surface area contributed by atoms with Gasteiger partial charge in [-0.15, -0.1) is 0 Å². The SMILES string of the molecule is C=CC(=O)OCCCCCCOC(=O)c1ccccc1-c1ccccc1. The van der Waals surface area contributed by atoms with Gasteiger partial charge in [0.05, 0.1) is 18.8 Å². The summed E-state index contributed by atoms with van der Waals surface area (Å²) in [5.41, 5.74) is 2.45. The molecule has 0 saturated carbocycles. The molecule has 0 aliphatic carbocycles. The lowest BCUT2D eigenvalue weighted by atomic mass is 10.00. The molecule has 0 aliphatic heterocycles. The minimum Gasteiger partial charge on any atom is -0.463 e. The first-order valence-electron chi connectivity index (χ1n) is 8.83. The van der Waals surface area contributed by atoms with Crippen LogP contribution in [0.4, 0.5) is 0 Å². The van der Waals surface area contributed by atoms with Gasteiger partial charge in [0, 0.05) is 6.08 Å². The summed E-state index contributed by atoms with van der Waals surface area (Å²) in [5.74, 6) is -0.694. The van der Waals surface area contributed by atoms with Crippen molar-refractivity contribution in [2.75, 3.05) is 13.2 Å². The lowest BCUT2D eigenvalue weighted by Gasteiger charge is -2.10. The van der Waals surface area contributed by atoms with E-state index in [2.05, 4.69) is 6.58 Å². The molecule has 4 heteroatoms. The van der Waals surface area contributed by atoms with Gasteiger partial charge in [-0.05, 0) is 42.9 Å². The van der Waals surface area contributed by atoms with E-state index in [1.165, 1.54) is 0 Å². The molecule has 2 aromatic rings. The minimum absolute atomic E-state index is 0.302. The minimum atomic E-state index is -0.393. The standard InChI is InChI=1S/C22H24O4/c1-2-21(23)25-16-10-3-4-11-17-26-22(24)20-15-9-8-14-19(20)18-12-6-5-7-13-18/h2,5-9,12-15H,1,3-4,10-11,16-17H2. The van der Waals surface area contributed by atoms with E-state index < -0.39 is 5.97 Å². The molecule has 136 valence electrons. The van der Waals surface area contributed by atoms with Crippen molar-refractivity contribution in [3.8, 4) is 11.1 Å². The van der Waals surface area contributed by atoms with E-state index in [9.17, 15) is 9.59 Å². The fourth-order valence-corrected chi connectivity index (χ4v) is 2.56. The van der Waals surface area contributed by atoms with Crippen molar-refractivity contribution >= 4 is 11.9 Å². The Morgan fingerprint density at radius 1 is 0.808 bits per heavy atom. The molecule has 2 rings (SSSR count). The highest BCUT2D eigenvalue weighted by molar-refractivity contribution is 5.97. The second-order valence-corrected chi connectivity index (χ2v) is 5.83. The van der Waals surface area contributed by atoms with Gasteiger partial charge in [0.2, 0.25) is 0 Å². The number of ether oxygens (including phenoxy) is 2. The predicted molar refractivity (Wildman–Crippen MR) is 102 cm³/mol. The number of unbranched alkanes of at least 4 members (excludes halogenated alkanes) is 3. The average Bonchev–Trinajstić information content (AvgIpc) is 2.70. The molecule has 0 heterocycles. The van der Waals surface area contributed by atoms with Crippen LogP contribution in [0.5, 0.6) is 0 Å². The molecule has 4 nitrogen and oxygen atoms in total. The lowest BCUT2D eigenvalue weighted by Crippen LogP contribution is -2.08. The predicted octanol–water partition coefficient (Wildman–Crippen LogP) is 4.80. The summed E-state index contributed by atoms with van der Waals surface area (Å²) in [6, 6.07) is 17.3. The van der Waals surface area contributed by atoms with E-state index in [-0.39, 0.29) is 5.97 Å². The maximum atomic E-state index is 12.4. The second-order valence-electron chi connectivity index (χ2n) is 5.83. The Morgan fingerprint density at radius 3 is 2.12 bits per heavy atom. The molecule has 0 unspecified atom stereocenters. The maximum absolute atomic E-state index is 12.4. The normalized spacial score (nSPS) is 10.2. The number of hydrogen-bond acceptors (Lipinski definition) is 4. The van der Waals surface area contributed by atoms with Crippen LogP contribution < -0.4 is 0 Å². The molecule has 0 aromatic heterocycles. The Morgan fingerprint density at radius 2 is 1.42 bits per heavy atom. The van der Waals surface area contributed by atoms with Gasteiger partial charge in [0.1, 0.15) is 0 Å². The van der Waals surface area contributed by atoms with Gasteiger partial charge in [0.15, 0.2) is 0 Å². The van der Waals surface area contributed by atoms with Crippen LogP contribution in [-0.4, -0.2) is 25.2 Å². The number of benzene rings is 2. The smallest absolute Gasteiger partial charge is 0.338 e. The summed E-state index contributed by atoms with van der Waals surface area (Å²) in [7, 11) is 0. The fraction of sp³-hybridized carbons (Fsp3) is 0.273. The highest BCUT2D eigenvalue weighted by Crippen LogP contribution is 2.24. The van der Waals surface area contributed by atoms with Crippen molar-refractivity contribution in [2.24, 2.45) is 0 Å². The Kier molecular flexibility index (Phi) is 8.13. The summed E-state index contributed by atoms with van der Waals surface area (Å²) in [6.07, 6.45) is 4.58. The van der Waals surface area contributed by atoms with Crippen molar-refractivity contribution < 1.29 is 19.1 Å². The molecule has 0 radical (unpaired) electrons. The topological polar surface area (TPSA) is 52.6 Å². The zero-order chi connectivity index (χ0) is 18.6. The van der Waals surface area contributed by atoms with Crippen molar-refractivity contribution in [3.05, 3.63) is 72.8 Å².